The first-order chi connectivity index (χ1) is 9.03. The summed E-state index contributed by atoms with van der Waals surface area (Å²) >= 11 is 0. The summed E-state index contributed by atoms with van der Waals surface area (Å²) in [7, 11) is 0. The Labute approximate surface area is 112 Å². The van der Waals surface area contributed by atoms with E-state index in [9.17, 15) is 0 Å². The van der Waals surface area contributed by atoms with Gasteiger partial charge >= 0.3 is 0 Å². The third-order valence-electron chi connectivity index (χ3n) is 2.61. The molecule has 0 saturated carbocycles. The lowest BCUT2D eigenvalue weighted by atomic mass is 10.0. The molecule has 2 rings (SSSR count). The number of aromatic nitrogens is 3. The van der Waals surface area contributed by atoms with Crippen LogP contribution in [0.2, 0.25) is 0 Å². The van der Waals surface area contributed by atoms with Crippen LogP contribution in [0.4, 0.5) is 17.3 Å². The summed E-state index contributed by atoms with van der Waals surface area (Å²) in [5, 5.41) is 6.43. The molecule has 6 nitrogen and oxygen atoms in total. The number of hydrogen-bond acceptors (Lipinski definition) is 5. The summed E-state index contributed by atoms with van der Waals surface area (Å²) in [6, 6.07) is 3.81. The molecular formula is C13H20N6. The number of nitrogens with two attached hydrogens (primary N) is 1. The summed E-state index contributed by atoms with van der Waals surface area (Å²) in [5.41, 5.74) is 6.72. The van der Waals surface area contributed by atoms with Gasteiger partial charge in [0.15, 0.2) is 0 Å². The predicted molar refractivity (Wildman–Crippen MR) is 77.5 cm³/mol. The van der Waals surface area contributed by atoms with Crippen molar-refractivity contribution in [3.8, 4) is 0 Å². The number of aromatic amines is 1. The molecule has 5 N–H and O–H groups in total. The maximum absolute atomic E-state index is 5.93. The monoisotopic (exact) mass is 260 g/mol. The second-order valence-electron chi connectivity index (χ2n) is 5.18. The van der Waals surface area contributed by atoms with Gasteiger partial charge in [-0.05, 0) is 26.3 Å². The molecule has 6 heteroatoms. The number of H-pyrrole nitrogens is 1. The van der Waals surface area contributed by atoms with Crippen LogP contribution in [0, 0.1) is 0 Å². The Hall–Kier alpha value is -2.08. The zero-order chi connectivity index (χ0) is 13.7. The third kappa shape index (κ3) is 4.59. The van der Waals surface area contributed by atoms with Crippen molar-refractivity contribution in [2.45, 2.75) is 25.8 Å². The number of hydrogen-bond donors (Lipinski definition) is 4. The first kappa shape index (κ1) is 13.4. The van der Waals surface area contributed by atoms with Crippen LogP contribution in [0.5, 0.6) is 0 Å². The number of rotatable bonds is 6. The Morgan fingerprint density at radius 3 is 2.79 bits per heavy atom. The zero-order valence-electron chi connectivity index (χ0n) is 11.3. The van der Waals surface area contributed by atoms with Crippen molar-refractivity contribution < 1.29 is 0 Å². The summed E-state index contributed by atoms with van der Waals surface area (Å²) in [6.07, 6.45) is 6.13. The van der Waals surface area contributed by atoms with Gasteiger partial charge in [0.1, 0.15) is 18.0 Å². The van der Waals surface area contributed by atoms with Crippen molar-refractivity contribution in [3.63, 3.8) is 0 Å². The quantitative estimate of drug-likeness (QED) is 0.638. The molecule has 0 aliphatic rings. The van der Waals surface area contributed by atoms with E-state index in [4.69, 9.17) is 5.73 Å². The van der Waals surface area contributed by atoms with E-state index in [1.165, 1.54) is 6.33 Å². The fourth-order valence-electron chi connectivity index (χ4n) is 1.58. The van der Waals surface area contributed by atoms with E-state index in [1.54, 1.807) is 0 Å². The summed E-state index contributed by atoms with van der Waals surface area (Å²) in [6.45, 7) is 4.80. The van der Waals surface area contributed by atoms with Gasteiger partial charge in [-0.3, -0.25) is 0 Å². The van der Waals surface area contributed by atoms with E-state index < -0.39 is 0 Å². The lowest BCUT2D eigenvalue weighted by Crippen LogP contribution is -2.34. The predicted octanol–water partition coefficient (Wildman–Crippen LogP) is 2.09. The molecule has 0 radical (unpaired) electrons. The molecule has 0 aliphatic carbocycles. The molecule has 0 fully saturated rings. The lowest BCUT2D eigenvalue weighted by Gasteiger charge is -2.18. The van der Waals surface area contributed by atoms with Crippen molar-refractivity contribution in [1.29, 1.82) is 0 Å². The fourth-order valence-corrected chi connectivity index (χ4v) is 1.58. The molecule has 2 aromatic heterocycles. The molecule has 0 unspecified atom stereocenters. The van der Waals surface area contributed by atoms with Crippen molar-refractivity contribution >= 4 is 17.3 Å². The van der Waals surface area contributed by atoms with Gasteiger partial charge in [0, 0.05) is 30.5 Å². The minimum Gasteiger partial charge on any atom is -0.370 e. The van der Waals surface area contributed by atoms with Gasteiger partial charge in [-0.2, -0.15) is 0 Å². The van der Waals surface area contributed by atoms with Gasteiger partial charge in [-0.25, -0.2) is 9.97 Å². The average Bonchev–Trinajstić information content (AvgIpc) is 2.80. The van der Waals surface area contributed by atoms with Crippen molar-refractivity contribution in [2.75, 3.05) is 17.2 Å². The molecule has 0 saturated heterocycles. The summed E-state index contributed by atoms with van der Waals surface area (Å²) in [4.78, 5) is 11.3. The molecule has 19 heavy (non-hydrogen) atoms. The number of anilines is 3. The van der Waals surface area contributed by atoms with Crippen molar-refractivity contribution in [3.05, 3.63) is 30.9 Å². The molecule has 0 spiro atoms. The fraction of sp³-hybridized carbons (Fsp3) is 0.385. The molecule has 0 aliphatic heterocycles. The van der Waals surface area contributed by atoms with Gasteiger partial charge < -0.3 is 21.4 Å². The number of nitrogens with zero attached hydrogens (tertiary/aromatic N) is 2. The average molecular weight is 260 g/mol. The van der Waals surface area contributed by atoms with E-state index in [0.29, 0.717) is 0 Å². The van der Waals surface area contributed by atoms with Crippen molar-refractivity contribution in [2.24, 2.45) is 5.73 Å². The normalized spacial score (nSPS) is 11.3. The lowest BCUT2D eigenvalue weighted by molar-refractivity contribution is 0.490. The third-order valence-corrected chi connectivity index (χ3v) is 2.61. The van der Waals surface area contributed by atoms with Crippen LogP contribution < -0.4 is 16.4 Å². The highest BCUT2D eigenvalue weighted by molar-refractivity contribution is 5.57. The second kappa shape index (κ2) is 5.71. The van der Waals surface area contributed by atoms with Crippen LogP contribution in [0.15, 0.2) is 30.9 Å². The maximum atomic E-state index is 5.93. The van der Waals surface area contributed by atoms with E-state index >= 15 is 0 Å². The minimum absolute atomic E-state index is 0.174. The van der Waals surface area contributed by atoms with Crippen LogP contribution in [-0.4, -0.2) is 27.0 Å². The molecular weight excluding hydrogens is 240 g/mol. The van der Waals surface area contributed by atoms with E-state index in [-0.39, 0.29) is 5.54 Å². The smallest absolute Gasteiger partial charge is 0.135 e. The molecule has 2 aromatic rings. The van der Waals surface area contributed by atoms with Crippen LogP contribution in [0.3, 0.4) is 0 Å². The van der Waals surface area contributed by atoms with Gasteiger partial charge in [0.05, 0.1) is 5.69 Å². The Bertz CT molecular complexity index is 500. The minimum atomic E-state index is -0.174. The van der Waals surface area contributed by atoms with Gasteiger partial charge in [0.2, 0.25) is 0 Å². The molecule has 0 amide bonds. The first-order valence-corrected chi connectivity index (χ1v) is 6.27. The van der Waals surface area contributed by atoms with Crippen molar-refractivity contribution in [1.82, 2.24) is 15.0 Å². The highest BCUT2D eigenvalue weighted by Crippen LogP contribution is 2.15. The number of nitrogens with one attached hydrogen (secondary N) is 3. The molecule has 2 heterocycles. The highest BCUT2D eigenvalue weighted by atomic mass is 15.1. The SMILES string of the molecule is CC(C)(N)CCNc1cc(Nc2cc[nH]c2)ncn1. The topological polar surface area (TPSA) is 91.7 Å². The summed E-state index contributed by atoms with van der Waals surface area (Å²) in [5.74, 6) is 1.54. The Morgan fingerprint density at radius 1 is 1.32 bits per heavy atom. The zero-order valence-corrected chi connectivity index (χ0v) is 11.3. The second-order valence-corrected chi connectivity index (χ2v) is 5.18. The van der Waals surface area contributed by atoms with E-state index in [1.807, 2.05) is 38.4 Å². The molecule has 0 atom stereocenters. The van der Waals surface area contributed by atoms with Gasteiger partial charge in [-0.1, -0.05) is 0 Å². The van der Waals surface area contributed by atoms with Gasteiger partial charge in [0.25, 0.3) is 0 Å². The standard InChI is InChI=1S/C13H20N6/c1-13(2,14)4-6-16-11-7-12(18-9-17-11)19-10-3-5-15-8-10/h3,5,7-9,15H,4,6,14H2,1-2H3,(H2,16,17,18,19). The Kier molecular flexibility index (Phi) is 4.01. The van der Waals surface area contributed by atoms with E-state index in [2.05, 4.69) is 25.6 Å². The first-order valence-electron chi connectivity index (χ1n) is 6.27. The molecule has 0 aromatic carbocycles. The molecule has 102 valence electrons. The Morgan fingerprint density at radius 2 is 2.11 bits per heavy atom. The Balaban J connectivity index is 1.92. The van der Waals surface area contributed by atoms with Gasteiger partial charge in [-0.15, -0.1) is 0 Å². The highest BCUT2D eigenvalue weighted by Gasteiger charge is 2.09. The van der Waals surface area contributed by atoms with Crippen LogP contribution in [-0.2, 0) is 0 Å². The largest absolute Gasteiger partial charge is 0.370 e. The summed E-state index contributed by atoms with van der Waals surface area (Å²) < 4.78 is 0. The van der Waals surface area contributed by atoms with Crippen LogP contribution in [0.1, 0.15) is 20.3 Å². The van der Waals surface area contributed by atoms with E-state index in [0.717, 1.165) is 30.3 Å². The maximum Gasteiger partial charge on any atom is 0.135 e. The van der Waals surface area contributed by atoms with Crippen LogP contribution in [0.25, 0.3) is 0 Å². The molecule has 0 bridgehead atoms. The van der Waals surface area contributed by atoms with Crippen LogP contribution >= 0.6 is 0 Å².